The van der Waals surface area contributed by atoms with E-state index in [0.717, 1.165) is 17.1 Å². The molecule has 0 aliphatic rings. The number of nitrogens with one attached hydrogen (secondary N) is 1. The highest BCUT2D eigenvalue weighted by atomic mass is 32.1. The molecule has 2 aromatic rings. The Morgan fingerprint density at radius 1 is 1.52 bits per heavy atom. The smallest absolute Gasteiger partial charge is 0.240 e. The maximum absolute atomic E-state index is 12.0. The summed E-state index contributed by atoms with van der Waals surface area (Å²) >= 11 is 3.03. The molecular formula is C13H19N5OS2. The van der Waals surface area contributed by atoms with Crippen molar-refractivity contribution >= 4 is 33.7 Å². The summed E-state index contributed by atoms with van der Waals surface area (Å²) in [5, 5.41) is 11.9. The van der Waals surface area contributed by atoms with E-state index < -0.39 is 0 Å². The zero-order valence-corrected chi connectivity index (χ0v) is 14.2. The number of anilines is 1. The molecule has 6 nitrogen and oxygen atoms in total. The number of aryl methyl sites for hydroxylation is 2. The summed E-state index contributed by atoms with van der Waals surface area (Å²) in [7, 11) is 1.94. The lowest BCUT2D eigenvalue weighted by Gasteiger charge is -2.23. The van der Waals surface area contributed by atoms with Crippen molar-refractivity contribution in [1.29, 1.82) is 0 Å². The lowest BCUT2D eigenvalue weighted by atomic mass is 10.2. The number of hydrogen-bond acceptors (Lipinski definition) is 7. The van der Waals surface area contributed by atoms with Crippen LogP contribution in [0.1, 0.15) is 35.5 Å². The number of aromatic nitrogens is 3. The Labute approximate surface area is 132 Å². The van der Waals surface area contributed by atoms with Crippen LogP contribution in [0.25, 0.3) is 0 Å². The van der Waals surface area contributed by atoms with Gasteiger partial charge in [-0.3, -0.25) is 15.0 Å². The zero-order valence-electron chi connectivity index (χ0n) is 12.6. The molecule has 0 bridgehead atoms. The summed E-state index contributed by atoms with van der Waals surface area (Å²) in [6, 6.07) is 0.156. The molecule has 0 spiro atoms. The Balaban J connectivity index is 1.96. The van der Waals surface area contributed by atoms with Crippen LogP contribution >= 0.6 is 22.7 Å². The van der Waals surface area contributed by atoms with Crippen LogP contribution in [-0.4, -0.2) is 39.6 Å². The van der Waals surface area contributed by atoms with Crippen LogP contribution in [0.5, 0.6) is 0 Å². The average molecular weight is 325 g/mol. The number of rotatable bonds is 6. The molecular weight excluding hydrogens is 306 g/mol. The van der Waals surface area contributed by atoms with E-state index in [4.69, 9.17) is 0 Å². The standard InChI is InChI=1S/C13H19N5OS2/c1-5-11-15-8(2)12(21-11)9(3)18(4)6-10(19)16-13-17-14-7-20-13/h7,9H,5-6H2,1-4H3,(H,16,17,19)/t9-/m0/s1. The van der Waals surface area contributed by atoms with Crippen LogP contribution in [0, 0.1) is 6.92 Å². The molecule has 21 heavy (non-hydrogen) atoms. The van der Waals surface area contributed by atoms with Crippen molar-refractivity contribution in [2.24, 2.45) is 0 Å². The summed E-state index contributed by atoms with van der Waals surface area (Å²) in [4.78, 5) is 19.8. The van der Waals surface area contributed by atoms with Gasteiger partial charge in [-0.25, -0.2) is 4.98 Å². The topological polar surface area (TPSA) is 71.0 Å². The number of thiazole rings is 1. The van der Waals surface area contributed by atoms with Crippen molar-refractivity contribution in [1.82, 2.24) is 20.1 Å². The van der Waals surface area contributed by atoms with Gasteiger partial charge in [0.1, 0.15) is 5.51 Å². The van der Waals surface area contributed by atoms with Crippen LogP contribution < -0.4 is 5.32 Å². The van der Waals surface area contributed by atoms with Gasteiger partial charge >= 0.3 is 0 Å². The van der Waals surface area contributed by atoms with E-state index in [-0.39, 0.29) is 11.9 Å². The summed E-state index contributed by atoms with van der Waals surface area (Å²) in [6.07, 6.45) is 0.944. The van der Waals surface area contributed by atoms with Crippen molar-refractivity contribution in [3.8, 4) is 0 Å². The minimum absolute atomic E-state index is 0.0843. The van der Waals surface area contributed by atoms with Gasteiger partial charge in [0.15, 0.2) is 0 Å². The summed E-state index contributed by atoms with van der Waals surface area (Å²) in [5.41, 5.74) is 2.65. The van der Waals surface area contributed by atoms with E-state index in [1.54, 1.807) is 16.8 Å². The molecule has 1 amide bonds. The quantitative estimate of drug-likeness (QED) is 0.883. The number of amides is 1. The van der Waals surface area contributed by atoms with Crippen molar-refractivity contribution in [2.45, 2.75) is 33.2 Å². The second-order valence-electron chi connectivity index (χ2n) is 4.79. The van der Waals surface area contributed by atoms with Gasteiger partial charge < -0.3 is 0 Å². The molecule has 2 rings (SSSR count). The fourth-order valence-electron chi connectivity index (χ4n) is 1.95. The van der Waals surface area contributed by atoms with Gasteiger partial charge in [0.25, 0.3) is 0 Å². The normalized spacial score (nSPS) is 12.6. The van der Waals surface area contributed by atoms with Gasteiger partial charge in [-0.2, -0.15) is 0 Å². The van der Waals surface area contributed by atoms with Gasteiger partial charge in [-0.05, 0) is 27.3 Å². The van der Waals surface area contributed by atoms with Crippen molar-refractivity contribution in [2.75, 3.05) is 18.9 Å². The maximum atomic E-state index is 12.0. The second kappa shape index (κ2) is 7.06. The fourth-order valence-corrected chi connectivity index (χ4v) is 3.54. The first-order valence-electron chi connectivity index (χ1n) is 6.73. The van der Waals surface area contributed by atoms with Crippen LogP contribution in [0.4, 0.5) is 5.13 Å². The van der Waals surface area contributed by atoms with E-state index in [9.17, 15) is 4.79 Å². The van der Waals surface area contributed by atoms with Crippen LogP contribution in [0.3, 0.4) is 0 Å². The summed E-state index contributed by atoms with van der Waals surface area (Å²) in [6.45, 7) is 6.53. The van der Waals surface area contributed by atoms with Crippen molar-refractivity contribution in [3.63, 3.8) is 0 Å². The Morgan fingerprint density at radius 2 is 2.29 bits per heavy atom. The van der Waals surface area contributed by atoms with Crippen molar-refractivity contribution in [3.05, 3.63) is 21.1 Å². The molecule has 0 saturated carbocycles. The average Bonchev–Trinajstić information content (AvgIpc) is 3.07. The van der Waals surface area contributed by atoms with Gasteiger partial charge in [0.05, 0.1) is 17.2 Å². The molecule has 0 aromatic carbocycles. The largest absolute Gasteiger partial charge is 0.299 e. The van der Waals surface area contributed by atoms with E-state index in [1.165, 1.54) is 16.2 Å². The molecule has 0 fully saturated rings. The SMILES string of the molecule is CCc1nc(C)c([C@H](C)N(C)CC(=O)Nc2nncs2)s1. The van der Waals surface area contributed by atoms with E-state index >= 15 is 0 Å². The monoisotopic (exact) mass is 325 g/mol. The highest BCUT2D eigenvalue weighted by molar-refractivity contribution is 7.13. The molecule has 2 heterocycles. The summed E-state index contributed by atoms with van der Waals surface area (Å²) in [5.74, 6) is -0.0843. The first-order chi connectivity index (χ1) is 10.0. The lowest BCUT2D eigenvalue weighted by Crippen LogP contribution is -2.32. The van der Waals surface area contributed by atoms with Crippen LogP contribution in [0.15, 0.2) is 5.51 Å². The number of hydrogen-bond donors (Lipinski definition) is 1. The van der Waals surface area contributed by atoms with E-state index in [1.807, 2.05) is 18.9 Å². The van der Waals surface area contributed by atoms with Crippen LogP contribution in [-0.2, 0) is 11.2 Å². The van der Waals surface area contributed by atoms with Gasteiger partial charge in [0, 0.05) is 10.9 Å². The third kappa shape index (κ3) is 4.05. The molecule has 0 radical (unpaired) electrons. The molecule has 8 heteroatoms. The highest BCUT2D eigenvalue weighted by Gasteiger charge is 2.20. The van der Waals surface area contributed by atoms with Crippen LogP contribution in [0.2, 0.25) is 0 Å². The number of carbonyl (C=O) groups is 1. The third-order valence-electron chi connectivity index (χ3n) is 3.22. The predicted molar refractivity (Wildman–Crippen MR) is 85.8 cm³/mol. The Hall–Kier alpha value is -1.38. The Morgan fingerprint density at radius 3 is 2.86 bits per heavy atom. The molecule has 1 atom stereocenters. The molecule has 0 unspecified atom stereocenters. The molecule has 2 aromatic heterocycles. The lowest BCUT2D eigenvalue weighted by molar-refractivity contribution is -0.117. The summed E-state index contributed by atoms with van der Waals surface area (Å²) < 4.78 is 0. The fraction of sp³-hybridized carbons (Fsp3) is 0.538. The molecule has 1 N–H and O–H groups in total. The zero-order chi connectivity index (χ0) is 15.4. The first-order valence-corrected chi connectivity index (χ1v) is 8.43. The van der Waals surface area contributed by atoms with E-state index in [2.05, 4.69) is 34.3 Å². The molecule has 114 valence electrons. The number of nitrogens with zero attached hydrogens (tertiary/aromatic N) is 4. The predicted octanol–water partition coefficient (Wildman–Crippen LogP) is 2.50. The molecule has 0 saturated heterocycles. The minimum atomic E-state index is -0.0843. The Bertz CT molecular complexity index is 596. The molecule has 0 aliphatic carbocycles. The number of carbonyl (C=O) groups excluding carboxylic acids is 1. The van der Waals surface area contributed by atoms with Gasteiger partial charge in [0.2, 0.25) is 11.0 Å². The van der Waals surface area contributed by atoms with Gasteiger partial charge in [-0.15, -0.1) is 21.5 Å². The minimum Gasteiger partial charge on any atom is -0.299 e. The third-order valence-corrected chi connectivity index (χ3v) is 5.30. The first kappa shape index (κ1) is 16.0. The van der Waals surface area contributed by atoms with Crippen molar-refractivity contribution < 1.29 is 4.79 Å². The Kier molecular flexibility index (Phi) is 5.38. The second-order valence-corrected chi connectivity index (χ2v) is 6.74. The molecule has 0 aliphatic heterocycles. The van der Waals surface area contributed by atoms with E-state index in [0.29, 0.717) is 11.7 Å². The maximum Gasteiger partial charge on any atom is 0.240 e. The highest BCUT2D eigenvalue weighted by Crippen LogP contribution is 2.28. The van der Waals surface area contributed by atoms with Gasteiger partial charge in [-0.1, -0.05) is 18.3 Å². The number of likely N-dealkylation sites (N-methyl/N-ethyl adjacent to an activating group) is 1.